The Kier molecular flexibility index (Phi) is 3.88. The predicted molar refractivity (Wildman–Crippen MR) is 82.9 cm³/mol. The molecule has 0 saturated heterocycles. The lowest BCUT2D eigenvalue weighted by molar-refractivity contribution is 0.0959. The average Bonchev–Trinajstić information content (AvgIpc) is 3.21. The zero-order valence-corrected chi connectivity index (χ0v) is 11.8. The molecule has 104 valence electrons. The van der Waals surface area contributed by atoms with Crippen molar-refractivity contribution in [3.8, 4) is 5.69 Å². The molecule has 0 unspecified atom stereocenters. The number of benzene rings is 1. The predicted octanol–water partition coefficient (Wildman–Crippen LogP) is 2.70. The molecule has 0 radical (unpaired) electrons. The molecule has 0 bridgehead atoms. The van der Waals surface area contributed by atoms with Gasteiger partial charge < -0.3 is 4.57 Å². The molecule has 0 spiro atoms. The number of nitrogens with one attached hydrogen (secondary N) is 1. The van der Waals surface area contributed by atoms with Gasteiger partial charge in [-0.1, -0.05) is 18.2 Å². The Morgan fingerprint density at radius 1 is 1.29 bits per heavy atom. The number of rotatable bonds is 4. The van der Waals surface area contributed by atoms with Gasteiger partial charge in [-0.3, -0.25) is 4.79 Å². The molecule has 0 fully saturated rings. The van der Waals surface area contributed by atoms with Crippen molar-refractivity contribution < 1.29 is 4.79 Å². The SMILES string of the molecule is O=C(NN=Cc1ccc(-n2ccnc2)cc1)c1cccs1. The number of thiophene rings is 1. The highest BCUT2D eigenvalue weighted by Crippen LogP contribution is 2.09. The standard InChI is InChI=1S/C15H12N4OS/c20-15(14-2-1-9-21-14)18-17-10-12-3-5-13(6-4-12)19-8-7-16-11-19/h1-11H,(H,18,20). The van der Waals surface area contributed by atoms with E-state index in [-0.39, 0.29) is 5.91 Å². The molecule has 2 aromatic heterocycles. The van der Waals surface area contributed by atoms with Crippen LogP contribution in [0.5, 0.6) is 0 Å². The van der Waals surface area contributed by atoms with Crippen LogP contribution in [0.4, 0.5) is 0 Å². The normalized spacial score (nSPS) is 10.9. The first-order valence-corrected chi connectivity index (χ1v) is 7.16. The van der Waals surface area contributed by atoms with Crippen molar-refractivity contribution in [1.82, 2.24) is 15.0 Å². The minimum Gasteiger partial charge on any atom is -0.306 e. The number of hydrogen-bond donors (Lipinski definition) is 1. The van der Waals surface area contributed by atoms with Crippen LogP contribution < -0.4 is 5.43 Å². The molecular formula is C15H12N4OS. The van der Waals surface area contributed by atoms with E-state index in [0.717, 1.165) is 11.3 Å². The Morgan fingerprint density at radius 3 is 2.81 bits per heavy atom. The summed E-state index contributed by atoms with van der Waals surface area (Å²) in [7, 11) is 0. The summed E-state index contributed by atoms with van der Waals surface area (Å²) < 4.78 is 1.92. The van der Waals surface area contributed by atoms with Gasteiger partial charge in [0.25, 0.3) is 5.91 Å². The van der Waals surface area contributed by atoms with Gasteiger partial charge in [0.15, 0.2) is 0 Å². The summed E-state index contributed by atoms with van der Waals surface area (Å²) in [5.41, 5.74) is 4.43. The van der Waals surface area contributed by atoms with Crippen LogP contribution in [-0.4, -0.2) is 21.7 Å². The molecule has 3 aromatic rings. The lowest BCUT2D eigenvalue weighted by atomic mass is 10.2. The Balaban J connectivity index is 1.63. The third-order valence-electron chi connectivity index (χ3n) is 2.82. The Bertz CT molecular complexity index is 731. The van der Waals surface area contributed by atoms with E-state index < -0.39 is 0 Å². The van der Waals surface area contributed by atoms with Gasteiger partial charge in [-0.2, -0.15) is 5.10 Å². The van der Waals surface area contributed by atoms with E-state index in [0.29, 0.717) is 4.88 Å². The molecule has 5 nitrogen and oxygen atoms in total. The van der Waals surface area contributed by atoms with E-state index >= 15 is 0 Å². The topological polar surface area (TPSA) is 59.3 Å². The Morgan fingerprint density at radius 2 is 2.14 bits per heavy atom. The Labute approximate surface area is 125 Å². The van der Waals surface area contributed by atoms with E-state index in [1.54, 1.807) is 24.8 Å². The summed E-state index contributed by atoms with van der Waals surface area (Å²) in [6.07, 6.45) is 6.97. The second-order valence-corrected chi connectivity index (χ2v) is 5.19. The van der Waals surface area contributed by atoms with Gasteiger partial charge >= 0.3 is 0 Å². The lowest BCUT2D eigenvalue weighted by Crippen LogP contribution is -2.16. The number of hydrazone groups is 1. The molecule has 0 atom stereocenters. The van der Waals surface area contributed by atoms with Crippen LogP contribution in [0.25, 0.3) is 5.69 Å². The number of hydrogen-bond acceptors (Lipinski definition) is 4. The molecule has 1 amide bonds. The third kappa shape index (κ3) is 3.24. The van der Waals surface area contributed by atoms with Crippen LogP contribution in [0, 0.1) is 0 Å². The largest absolute Gasteiger partial charge is 0.306 e. The molecule has 0 aliphatic heterocycles. The molecule has 1 aromatic carbocycles. The summed E-state index contributed by atoms with van der Waals surface area (Å²) in [6, 6.07) is 11.4. The first-order chi connectivity index (χ1) is 10.3. The number of nitrogens with zero attached hydrogens (tertiary/aromatic N) is 3. The highest BCUT2D eigenvalue weighted by atomic mass is 32.1. The monoisotopic (exact) mass is 296 g/mol. The fourth-order valence-electron chi connectivity index (χ4n) is 1.77. The molecule has 1 N–H and O–H groups in total. The lowest BCUT2D eigenvalue weighted by Gasteiger charge is -2.01. The summed E-state index contributed by atoms with van der Waals surface area (Å²) >= 11 is 1.38. The Hall–Kier alpha value is -2.73. The average molecular weight is 296 g/mol. The van der Waals surface area contributed by atoms with Crippen molar-refractivity contribution in [2.24, 2.45) is 5.10 Å². The molecule has 0 aliphatic rings. The number of amides is 1. The number of aromatic nitrogens is 2. The minimum absolute atomic E-state index is 0.198. The summed E-state index contributed by atoms with van der Waals surface area (Å²) in [5, 5.41) is 5.81. The fourth-order valence-corrected chi connectivity index (χ4v) is 2.39. The van der Waals surface area contributed by atoms with Crippen LogP contribution in [0.2, 0.25) is 0 Å². The van der Waals surface area contributed by atoms with Gasteiger partial charge in [-0.15, -0.1) is 11.3 Å². The zero-order valence-electron chi connectivity index (χ0n) is 11.0. The summed E-state index contributed by atoms with van der Waals surface area (Å²) in [4.78, 5) is 16.3. The molecule has 2 heterocycles. The van der Waals surface area contributed by atoms with Crippen molar-refractivity contribution in [3.63, 3.8) is 0 Å². The maximum Gasteiger partial charge on any atom is 0.281 e. The second kappa shape index (κ2) is 6.15. The van der Waals surface area contributed by atoms with Crippen molar-refractivity contribution in [2.45, 2.75) is 0 Å². The molecule has 21 heavy (non-hydrogen) atoms. The van der Waals surface area contributed by atoms with Gasteiger partial charge in [0.2, 0.25) is 0 Å². The quantitative estimate of drug-likeness (QED) is 0.594. The number of imidazole rings is 1. The molecule has 3 rings (SSSR count). The minimum atomic E-state index is -0.198. The molecule has 0 saturated carbocycles. The van der Waals surface area contributed by atoms with E-state index in [2.05, 4.69) is 15.5 Å². The number of carbonyl (C=O) groups is 1. The zero-order chi connectivity index (χ0) is 14.5. The van der Waals surface area contributed by atoms with Crippen molar-refractivity contribution in [3.05, 3.63) is 70.9 Å². The van der Waals surface area contributed by atoms with E-state index in [1.165, 1.54) is 11.3 Å². The van der Waals surface area contributed by atoms with Crippen molar-refractivity contribution >= 4 is 23.5 Å². The van der Waals surface area contributed by atoms with Crippen LogP contribution in [0.15, 0.2) is 65.6 Å². The highest BCUT2D eigenvalue weighted by molar-refractivity contribution is 7.12. The van der Waals surface area contributed by atoms with Gasteiger partial charge in [0.1, 0.15) is 0 Å². The fraction of sp³-hybridized carbons (Fsp3) is 0. The summed E-state index contributed by atoms with van der Waals surface area (Å²) in [6.45, 7) is 0. The van der Waals surface area contributed by atoms with Gasteiger partial charge in [-0.25, -0.2) is 10.4 Å². The van der Waals surface area contributed by atoms with E-state index in [4.69, 9.17) is 0 Å². The van der Waals surface area contributed by atoms with Gasteiger partial charge in [0, 0.05) is 18.1 Å². The summed E-state index contributed by atoms with van der Waals surface area (Å²) in [5.74, 6) is -0.198. The van der Waals surface area contributed by atoms with E-state index in [1.807, 2.05) is 46.5 Å². The molecule has 0 aliphatic carbocycles. The van der Waals surface area contributed by atoms with Crippen molar-refractivity contribution in [1.29, 1.82) is 0 Å². The first kappa shape index (κ1) is 13.3. The van der Waals surface area contributed by atoms with Crippen LogP contribution in [-0.2, 0) is 0 Å². The smallest absolute Gasteiger partial charge is 0.281 e. The van der Waals surface area contributed by atoms with Crippen LogP contribution in [0.3, 0.4) is 0 Å². The second-order valence-electron chi connectivity index (χ2n) is 4.24. The highest BCUT2D eigenvalue weighted by Gasteiger charge is 2.03. The van der Waals surface area contributed by atoms with Crippen LogP contribution >= 0.6 is 11.3 Å². The third-order valence-corrected chi connectivity index (χ3v) is 3.69. The van der Waals surface area contributed by atoms with Crippen molar-refractivity contribution in [2.75, 3.05) is 0 Å². The van der Waals surface area contributed by atoms with Gasteiger partial charge in [0.05, 0.1) is 17.4 Å². The van der Waals surface area contributed by atoms with Gasteiger partial charge in [-0.05, 0) is 29.1 Å². The molecule has 6 heteroatoms. The first-order valence-electron chi connectivity index (χ1n) is 6.28. The maximum absolute atomic E-state index is 11.7. The van der Waals surface area contributed by atoms with Crippen LogP contribution in [0.1, 0.15) is 15.2 Å². The maximum atomic E-state index is 11.7. The van der Waals surface area contributed by atoms with E-state index in [9.17, 15) is 4.79 Å². The molecular weight excluding hydrogens is 284 g/mol. The number of carbonyl (C=O) groups excluding carboxylic acids is 1.